The predicted octanol–water partition coefficient (Wildman–Crippen LogP) is 1.55. The molecule has 3 aromatic rings. The van der Waals surface area contributed by atoms with Crippen molar-refractivity contribution < 1.29 is 4.79 Å². The van der Waals surface area contributed by atoms with Gasteiger partial charge >= 0.3 is 5.69 Å². The first-order chi connectivity index (χ1) is 13.9. The van der Waals surface area contributed by atoms with Crippen molar-refractivity contribution in [2.45, 2.75) is 26.3 Å². The van der Waals surface area contributed by atoms with Crippen LogP contribution in [0.15, 0.2) is 39.9 Å². The molecule has 1 aromatic carbocycles. The summed E-state index contributed by atoms with van der Waals surface area (Å²) in [6.07, 6.45) is 2.16. The molecule has 0 radical (unpaired) electrons. The Kier molecular flexibility index (Phi) is 4.86. The summed E-state index contributed by atoms with van der Waals surface area (Å²) in [7, 11) is 3.05. The van der Waals surface area contributed by atoms with Gasteiger partial charge in [-0.1, -0.05) is 37.3 Å². The molecule has 8 heteroatoms. The summed E-state index contributed by atoms with van der Waals surface area (Å²) < 4.78 is 4.12. The van der Waals surface area contributed by atoms with E-state index < -0.39 is 11.2 Å². The van der Waals surface area contributed by atoms with E-state index >= 15 is 0 Å². The Balaban J connectivity index is 1.91. The molecule has 3 heterocycles. The fraction of sp³-hybridized carbons (Fsp3) is 0.429. The van der Waals surface area contributed by atoms with E-state index in [0.29, 0.717) is 23.1 Å². The van der Waals surface area contributed by atoms with E-state index in [4.69, 9.17) is 0 Å². The Hall–Kier alpha value is -3.16. The van der Waals surface area contributed by atoms with Crippen LogP contribution in [0.1, 0.15) is 30.1 Å². The number of hydrogen-bond donors (Lipinski definition) is 0. The molecule has 4 rings (SSSR count). The van der Waals surface area contributed by atoms with Gasteiger partial charge in [0.25, 0.3) is 5.56 Å². The summed E-state index contributed by atoms with van der Waals surface area (Å²) in [5.74, 6) is 0.967. The lowest BCUT2D eigenvalue weighted by Crippen LogP contribution is -2.38. The second-order valence-electron chi connectivity index (χ2n) is 7.86. The molecule has 0 unspecified atom stereocenters. The van der Waals surface area contributed by atoms with Gasteiger partial charge in [0, 0.05) is 32.7 Å². The van der Waals surface area contributed by atoms with Crippen LogP contribution >= 0.6 is 0 Å². The molecule has 0 aliphatic carbocycles. The average Bonchev–Trinajstić information content (AvgIpc) is 3.10. The first-order valence-corrected chi connectivity index (χ1v) is 9.88. The van der Waals surface area contributed by atoms with E-state index in [1.807, 2.05) is 18.2 Å². The molecule has 2 aromatic heterocycles. The number of Topliss-reactive ketones (excluding diaryl/α,β-unsaturated/α-hetero) is 1. The zero-order valence-electron chi connectivity index (χ0n) is 17.0. The van der Waals surface area contributed by atoms with Crippen LogP contribution in [0.5, 0.6) is 0 Å². The van der Waals surface area contributed by atoms with Gasteiger partial charge in [-0.05, 0) is 18.8 Å². The number of imidazole rings is 1. The highest BCUT2D eigenvalue weighted by Crippen LogP contribution is 2.25. The Morgan fingerprint density at radius 3 is 2.55 bits per heavy atom. The molecule has 0 bridgehead atoms. The van der Waals surface area contributed by atoms with Crippen LogP contribution in [-0.4, -0.2) is 37.6 Å². The van der Waals surface area contributed by atoms with Gasteiger partial charge in [0.15, 0.2) is 16.9 Å². The molecule has 1 aliphatic rings. The molecule has 152 valence electrons. The van der Waals surface area contributed by atoms with E-state index in [9.17, 15) is 14.4 Å². The highest BCUT2D eigenvalue weighted by atomic mass is 16.2. The minimum atomic E-state index is -0.437. The fourth-order valence-electron chi connectivity index (χ4n) is 4.06. The lowest BCUT2D eigenvalue weighted by molar-refractivity contribution is 0.0973. The van der Waals surface area contributed by atoms with E-state index in [1.165, 1.54) is 11.6 Å². The summed E-state index contributed by atoms with van der Waals surface area (Å²) in [5, 5.41) is 0. The first kappa shape index (κ1) is 19.2. The van der Waals surface area contributed by atoms with Gasteiger partial charge in [-0.25, -0.2) is 4.79 Å². The largest absolute Gasteiger partial charge is 0.342 e. The molecule has 0 spiro atoms. The number of fused-ring (bicyclic) bond motifs is 1. The van der Waals surface area contributed by atoms with E-state index in [-0.39, 0.29) is 17.8 Å². The number of ketones is 1. The third-order valence-electron chi connectivity index (χ3n) is 5.67. The number of carbonyl (C=O) groups is 1. The van der Waals surface area contributed by atoms with Crippen molar-refractivity contribution in [3.63, 3.8) is 0 Å². The third-order valence-corrected chi connectivity index (χ3v) is 5.67. The van der Waals surface area contributed by atoms with Gasteiger partial charge in [0.1, 0.15) is 0 Å². The molecule has 1 fully saturated rings. The van der Waals surface area contributed by atoms with E-state index in [1.54, 1.807) is 23.7 Å². The number of aromatic nitrogens is 4. The van der Waals surface area contributed by atoms with Crippen LogP contribution in [0, 0.1) is 5.92 Å². The summed E-state index contributed by atoms with van der Waals surface area (Å²) in [6.45, 7) is 3.79. The molecular weight excluding hydrogens is 370 g/mol. The number of hydrogen-bond acceptors (Lipinski definition) is 5. The Labute approximate surface area is 168 Å². The Morgan fingerprint density at radius 2 is 1.86 bits per heavy atom. The summed E-state index contributed by atoms with van der Waals surface area (Å²) in [4.78, 5) is 45.1. The Bertz CT molecular complexity index is 1190. The predicted molar refractivity (Wildman–Crippen MR) is 112 cm³/mol. The SMILES string of the molecule is C[C@@H]1CCCN(c2nc3c(c(=O)n(C)c(=O)n3C)n2CC(=O)c2ccccc2)C1. The zero-order valence-corrected chi connectivity index (χ0v) is 17.0. The highest BCUT2D eigenvalue weighted by Gasteiger charge is 2.26. The number of rotatable bonds is 4. The number of carbonyl (C=O) groups excluding carboxylic acids is 1. The maximum atomic E-state index is 13.0. The Morgan fingerprint density at radius 1 is 1.14 bits per heavy atom. The monoisotopic (exact) mass is 395 g/mol. The number of benzene rings is 1. The fourth-order valence-corrected chi connectivity index (χ4v) is 4.06. The van der Waals surface area contributed by atoms with Gasteiger partial charge in [-0.2, -0.15) is 4.98 Å². The maximum absolute atomic E-state index is 13.0. The van der Waals surface area contributed by atoms with E-state index in [2.05, 4.69) is 16.8 Å². The van der Waals surface area contributed by atoms with Gasteiger partial charge in [-0.3, -0.25) is 23.3 Å². The van der Waals surface area contributed by atoms with Crippen molar-refractivity contribution in [1.29, 1.82) is 0 Å². The highest BCUT2D eigenvalue weighted by molar-refractivity contribution is 5.96. The number of nitrogens with zero attached hydrogens (tertiary/aromatic N) is 5. The molecule has 0 N–H and O–H groups in total. The number of piperidine rings is 1. The van der Waals surface area contributed by atoms with Gasteiger partial charge in [-0.15, -0.1) is 0 Å². The molecule has 0 saturated carbocycles. The van der Waals surface area contributed by atoms with Crippen LogP contribution < -0.4 is 16.1 Å². The van der Waals surface area contributed by atoms with Gasteiger partial charge < -0.3 is 4.90 Å². The quantitative estimate of drug-likeness (QED) is 0.626. The van der Waals surface area contributed by atoms with Crippen LogP contribution in [0.2, 0.25) is 0 Å². The van der Waals surface area contributed by atoms with E-state index in [0.717, 1.165) is 30.5 Å². The molecule has 1 saturated heterocycles. The van der Waals surface area contributed by atoms with Crippen molar-refractivity contribution in [3.8, 4) is 0 Å². The first-order valence-electron chi connectivity index (χ1n) is 9.88. The van der Waals surface area contributed by atoms with Crippen molar-refractivity contribution in [1.82, 2.24) is 18.7 Å². The molecule has 29 heavy (non-hydrogen) atoms. The molecular formula is C21H25N5O3. The van der Waals surface area contributed by atoms with Crippen LogP contribution in [-0.2, 0) is 20.6 Å². The molecule has 8 nitrogen and oxygen atoms in total. The average molecular weight is 395 g/mol. The topological polar surface area (TPSA) is 82.1 Å². The number of aryl methyl sites for hydroxylation is 1. The van der Waals surface area contributed by atoms with Crippen molar-refractivity contribution in [2.24, 2.45) is 20.0 Å². The number of anilines is 1. The summed E-state index contributed by atoms with van der Waals surface area (Å²) in [5.41, 5.74) is 0.307. The van der Waals surface area contributed by atoms with Gasteiger partial charge in [0.2, 0.25) is 5.95 Å². The van der Waals surface area contributed by atoms with Crippen molar-refractivity contribution in [2.75, 3.05) is 18.0 Å². The third kappa shape index (κ3) is 3.28. The zero-order chi connectivity index (χ0) is 20.7. The second kappa shape index (κ2) is 7.35. The standard InChI is InChI=1S/C21H25N5O3/c1-14-8-7-11-25(12-14)20-22-18-17(19(28)24(3)21(29)23(18)2)26(20)13-16(27)15-9-5-4-6-10-15/h4-6,9-10,14H,7-8,11-13H2,1-3H3/t14-/m1/s1. The van der Waals surface area contributed by atoms with Crippen LogP contribution in [0.25, 0.3) is 11.2 Å². The summed E-state index contributed by atoms with van der Waals surface area (Å²) >= 11 is 0. The lowest BCUT2D eigenvalue weighted by Gasteiger charge is -2.32. The normalized spacial score (nSPS) is 17.1. The van der Waals surface area contributed by atoms with Crippen molar-refractivity contribution in [3.05, 3.63) is 56.7 Å². The van der Waals surface area contributed by atoms with Crippen molar-refractivity contribution >= 4 is 22.9 Å². The minimum Gasteiger partial charge on any atom is -0.342 e. The lowest BCUT2D eigenvalue weighted by atomic mass is 10.0. The van der Waals surface area contributed by atoms with Gasteiger partial charge in [0.05, 0.1) is 6.54 Å². The second-order valence-corrected chi connectivity index (χ2v) is 7.86. The molecule has 1 atom stereocenters. The van der Waals surface area contributed by atoms with Crippen LogP contribution in [0.4, 0.5) is 5.95 Å². The smallest absolute Gasteiger partial charge is 0.332 e. The van der Waals surface area contributed by atoms with Crippen LogP contribution in [0.3, 0.4) is 0 Å². The minimum absolute atomic E-state index is 0.00578. The molecule has 1 aliphatic heterocycles. The summed E-state index contributed by atoms with van der Waals surface area (Å²) in [6, 6.07) is 9.01. The molecule has 0 amide bonds. The maximum Gasteiger partial charge on any atom is 0.332 e.